The van der Waals surface area contributed by atoms with E-state index in [1.165, 1.54) is 0 Å². The predicted octanol–water partition coefficient (Wildman–Crippen LogP) is 2.27. The first-order valence-corrected chi connectivity index (χ1v) is 9.33. The molecule has 1 heterocycles. The van der Waals surface area contributed by atoms with Crippen LogP contribution >= 0.6 is 0 Å². The lowest BCUT2D eigenvalue weighted by Gasteiger charge is -2.34. The zero-order valence-corrected chi connectivity index (χ0v) is 15.4. The van der Waals surface area contributed by atoms with Gasteiger partial charge in [-0.25, -0.2) is 0 Å². The highest BCUT2D eigenvalue weighted by atomic mass is 16.2. The minimum absolute atomic E-state index is 0.0110. The molecule has 0 aromatic heterocycles. The highest BCUT2D eigenvalue weighted by Crippen LogP contribution is 2.08. The smallest absolute Gasteiger partial charge is 0.238 e. The molecular weight excluding hydrogens is 340 g/mol. The molecule has 3 rings (SSSR count). The lowest BCUT2D eigenvalue weighted by atomic mass is 10.2. The number of carbonyl (C=O) groups excluding carboxylic acids is 2. The molecule has 6 nitrogen and oxygen atoms in total. The molecule has 2 aromatic carbocycles. The van der Waals surface area contributed by atoms with Gasteiger partial charge in [0.1, 0.15) is 0 Å². The zero-order chi connectivity index (χ0) is 18.9. The molecule has 1 fully saturated rings. The van der Waals surface area contributed by atoms with Gasteiger partial charge in [-0.1, -0.05) is 36.4 Å². The molecule has 0 unspecified atom stereocenters. The van der Waals surface area contributed by atoms with Crippen LogP contribution in [-0.4, -0.2) is 60.9 Å². The van der Waals surface area contributed by atoms with Gasteiger partial charge < -0.3 is 15.5 Å². The zero-order valence-electron chi connectivity index (χ0n) is 15.4. The molecular formula is C21H26N4O2. The summed E-state index contributed by atoms with van der Waals surface area (Å²) in [6.07, 6.45) is 0.476. The molecule has 1 saturated heterocycles. The van der Waals surface area contributed by atoms with Gasteiger partial charge in [0.2, 0.25) is 11.8 Å². The fraction of sp³-hybridized carbons (Fsp3) is 0.333. The van der Waals surface area contributed by atoms with Gasteiger partial charge in [0.15, 0.2) is 0 Å². The quantitative estimate of drug-likeness (QED) is 0.789. The van der Waals surface area contributed by atoms with Gasteiger partial charge in [-0.15, -0.1) is 0 Å². The average Bonchev–Trinajstić information content (AvgIpc) is 2.69. The van der Waals surface area contributed by atoms with E-state index < -0.39 is 0 Å². The fourth-order valence-corrected chi connectivity index (χ4v) is 3.10. The average molecular weight is 366 g/mol. The number of amides is 2. The van der Waals surface area contributed by atoms with E-state index in [4.69, 9.17) is 0 Å². The van der Waals surface area contributed by atoms with Crippen molar-refractivity contribution in [1.29, 1.82) is 0 Å². The fourth-order valence-electron chi connectivity index (χ4n) is 3.10. The first kappa shape index (κ1) is 19.1. The molecule has 2 N–H and O–H groups in total. The van der Waals surface area contributed by atoms with Gasteiger partial charge in [0.25, 0.3) is 0 Å². The van der Waals surface area contributed by atoms with Crippen molar-refractivity contribution < 1.29 is 9.59 Å². The first-order valence-electron chi connectivity index (χ1n) is 9.33. The van der Waals surface area contributed by atoms with Crippen LogP contribution in [0.15, 0.2) is 60.7 Å². The van der Waals surface area contributed by atoms with Crippen LogP contribution in [-0.2, 0) is 9.59 Å². The summed E-state index contributed by atoms with van der Waals surface area (Å²) in [5.41, 5.74) is 1.65. The van der Waals surface area contributed by atoms with Gasteiger partial charge in [-0.05, 0) is 24.3 Å². The molecule has 142 valence electrons. The van der Waals surface area contributed by atoms with E-state index in [0.29, 0.717) is 13.0 Å². The number of nitrogens with one attached hydrogen (secondary N) is 2. The molecule has 2 amide bonds. The Labute approximate surface area is 160 Å². The molecule has 0 saturated carbocycles. The van der Waals surface area contributed by atoms with Crippen LogP contribution in [0.25, 0.3) is 0 Å². The molecule has 0 radical (unpaired) electrons. The van der Waals surface area contributed by atoms with E-state index in [1.54, 1.807) is 0 Å². The molecule has 27 heavy (non-hydrogen) atoms. The number of para-hydroxylation sites is 2. The van der Waals surface area contributed by atoms with Crippen molar-refractivity contribution in [3.63, 3.8) is 0 Å². The summed E-state index contributed by atoms with van der Waals surface area (Å²) in [5, 5.41) is 5.83. The molecule has 0 bridgehead atoms. The number of anilines is 2. The maximum atomic E-state index is 12.1. The molecule has 2 aromatic rings. The van der Waals surface area contributed by atoms with E-state index in [1.807, 2.05) is 60.7 Å². The van der Waals surface area contributed by atoms with Crippen molar-refractivity contribution in [2.45, 2.75) is 6.42 Å². The van der Waals surface area contributed by atoms with Crippen molar-refractivity contribution in [3.05, 3.63) is 60.7 Å². The molecule has 6 heteroatoms. The van der Waals surface area contributed by atoms with Crippen molar-refractivity contribution >= 4 is 23.2 Å². The number of carbonyl (C=O) groups is 2. The number of nitrogens with zero attached hydrogens (tertiary/aromatic N) is 2. The Morgan fingerprint density at radius 3 is 1.74 bits per heavy atom. The second-order valence-corrected chi connectivity index (χ2v) is 6.70. The summed E-state index contributed by atoms with van der Waals surface area (Å²) in [6.45, 7) is 4.56. The maximum absolute atomic E-state index is 12.1. The van der Waals surface area contributed by atoms with E-state index >= 15 is 0 Å². The summed E-state index contributed by atoms with van der Waals surface area (Å²) in [6, 6.07) is 19.0. The van der Waals surface area contributed by atoms with Gasteiger partial charge >= 0.3 is 0 Å². The highest BCUT2D eigenvalue weighted by molar-refractivity contribution is 5.92. The second kappa shape index (κ2) is 9.85. The van der Waals surface area contributed by atoms with Gasteiger partial charge in [-0.2, -0.15) is 0 Å². The second-order valence-electron chi connectivity index (χ2n) is 6.70. The van der Waals surface area contributed by atoms with Crippen LogP contribution < -0.4 is 10.6 Å². The Hall–Kier alpha value is -2.70. The van der Waals surface area contributed by atoms with Crippen LogP contribution in [0.2, 0.25) is 0 Å². The standard InChI is InChI=1S/C21H26N4O2/c26-20(22-18-7-3-1-4-8-18)11-12-24-13-15-25(16-14-24)17-21(27)23-19-9-5-2-6-10-19/h1-10H,11-17H2,(H,22,26)(H,23,27). The van der Waals surface area contributed by atoms with E-state index in [-0.39, 0.29) is 11.8 Å². The lowest BCUT2D eigenvalue weighted by molar-refractivity contribution is -0.117. The summed E-state index contributed by atoms with van der Waals surface area (Å²) >= 11 is 0. The number of rotatable bonds is 7. The third-order valence-electron chi connectivity index (χ3n) is 4.60. The Morgan fingerprint density at radius 2 is 1.19 bits per heavy atom. The van der Waals surface area contributed by atoms with Gasteiger partial charge in [0, 0.05) is 50.5 Å². The molecule has 0 atom stereocenters. The molecule has 1 aliphatic heterocycles. The van der Waals surface area contributed by atoms with Crippen molar-refractivity contribution in [1.82, 2.24) is 9.80 Å². The summed E-state index contributed by atoms with van der Waals surface area (Å²) in [5.74, 6) is 0.0442. The number of hydrogen-bond donors (Lipinski definition) is 2. The Kier molecular flexibility index (Phi) is 6.96. The largest absolute Gasteiger partial charge is 0.326 e. The molecule has 0 spiro atoms. The minimum Gasteiger partial charge on any atom is -0.326 e. The van der Waals surface area contributed by atoms with E-state index in [9.17, 15) is 9.59 Å². The van der Waals surface area contributed by atoms with Crippen LogP contribution in [0.4, 0.5) is 11.4 Å². The summed E-state index contributed by atoms with van der Waals surface area (Å²) in [7, 11) is 0. The number of piperazine rings is 1. The maximum Gasteiger partial charge on any atom is 0.238 e. The SMILES string of the molecule is O=C(CCN1CCN(CC(=O)Nc2ccccc2)CC1)Nc1ccccc1. The minimum atomic E-state index is 0.0110. The molecule has 1 aliphatic rings. The third kappa shape index (κ3) is 6.51. The van der Waals surface area contributed by atoms with Crippen LogP contribution in [0.1, 0.15) is 6.42 Å². The van der Waals surface area contributed by atoms with Gasteiger partial charge in [0.05, 0.1) is 6.54 Å². The van der Waals surface area contributed by atoms with Gasteiger partial charge in [-0.3, -0.25) is 14.5 Å². The Bertz CT molecular complexity index is 728. The predicted molar refractivity (Wildman–Crippen MR) is 108 cm³/mol. The lowest BCUT2D eigenvalue weighted by Crippen LogP contribution is -2.49. The van der Waals surface area contributed by atoms with Crippen LogP contribution in [0.3, 0.4) is 0 Å². The van der Waals surface area contributed by atoms with Crippen molar-refractivity contribution in [2.75, 3.05) is 49.9 Å². The Balaban J connectivity index is 1.33. The first-order chi connectivity index (χ1) is 13.2. The monoisotopic (exact) mass is 366 g/mol. The topological polar surface area (TPSA) is 64.7 Å². The van der Waals surface area contributed by atoms with E-state index in [0.717, 1.165) is 44.1 Å². The highest BCUT2D eigenvalue weighted by Gasteiger charge is 2.19. The van der Waals surface area contributed by atoms with Crippen LogP contribution in [0, 0.1) is 0 Å². The third-order valence-corrected chi connectivity index (χ3v) is 4.60. The number of benzene rings is 2. The number of hydrogen-bond acceptors (Lipinski definition) is 4. The summed E-state index contributed by atoms with van der Waals surface area (Å²) in [4.78, 5) is 28.6. The van der Waals surface area contributed by atoms with E-state index in [2.05, 4.69) is 20.4 Å². The Morgan fingerprint density at radius 1 is 0.704 bits per heavy atom. The van der Waals surface area contributed by atoms with Crippen LogP contribution in [0.5, 0.6) is 0 Å². The summed E-state index contributed by atoms with van der Waals surface area (Å²) < 4.78 is 0. The molecule has 0 aliphatic carbocycles. The normalized spacial score (nSPS) is 15.3. The van der Waals surface area contributed by atoms with Crippen molar-refractivity contribution in [3.8, 4) is 0 Å². The van der Waals surface area contributed by atoms with Crippen molar-refractivity contribution in [2.24, 2.45) is 0 Å².